The molecule has 0 spiro atoms. The molecule has 0 amide bonds. The summed E-state index contributed by atoms with van der Waals surface area (Å²) >= 11 is 0. The van der Waals surface area contributed by atoms with E-state index < -0.39 is 12.7 Å². The van der Waals surface area contributed by atoms with Gasteiger partial charge in [-0.1, -0.05) is 13.8 Å². The van der Waals surface area contributed by atoms with Crippen molar-refractivity contribution in [2.75, 3.05) is 20.2 Å². The molecule has 0 aromatic rings. The molecule has 0 aliphatic carbocycles. The summed E-state index contributed by atoms with van der Waals surface area (Å²) in [6.07, 6.45) is 0.558. The first kappa shape index (κ1) is 8.94. The summed E-state index contributed by atoms with van der Waals surface area (Å²) in [6, 6.07) is 0. The van der Waals surface area contributed by atoms with Crippen molar-refractivity contribution in [3.8, 4) is 0 Å². The summed E-state index contributed by atoms with van der Waals surface area (Å²) in [5, 5.41) is 0. The van der Waals surface area contributed by atoms with E-state index in [9.17, 15) is 4.39 Å². The summed E-state index contributed by atoms with van der Waals surface area (Å²) in [5.74, 6) is 0.439. The molecule has 0 saturated carbocycles. The third-order valence-corrected chi connectivity index (χ3v) is 3.54. The van der Waals surface area contributed by atoms with Crippen molar-refractivity contribution < 1.29 is 11.9 Å². The Hall–Kier alpha value is -0.150. The first-order chi connectivity index (χ1) is 7.82. The maximum absolute atomic E-state index is 13.9. The van der Waals surface area contributed by atoms with E-state index in [2.05, 4.69) is 13.8 Å². The second-order valence-corrected chi connectivity index (χ2v) is 5.30. The first-order valence-corrected chi connectivity index (χ1v) is 5.76. The van der Waals surface area contributed by atoms with Gasteiger partial charge in [0.05, 0.1) is 6.10 Å². The number of nitrogens with zero attached hydrogens (tertiary/aromatic N) is 1. The minimum absolute atomic E-state index is 0.0383. The fraction of sp³-hybridized carbons (Fsp3) is 1.00. The SMILES string of the molecule is [2H]C1([2H])[C@H](F)C[C@]2(CC(C)C)C[C@@H](OC)CN12. The van der Waals surface area contributed by atoms with Crippen LogP contribution in [0.2, 0.25) is 0 Å². The predicted molar refractivity (Wildman–Crippen MR) is 58.7 cm³/mol. The molecule has 0 unspecified atom stereocenters. The molecule has 2 heterocycles. The maximum atomic E-state index is 13.9. The zero-order chi connectivity index (χ0) is 12.8. The summed E-state index contributed by atoms with van der Waals surface area (Å²) in [5.41, 5.74) is -0.336. The van der Waals surface area contributed by atoms with E-state index in [1.54, 1.807) is 12.0 Å². The summed E-state index contributed by atoms with van der Waals surface area (Å²) < 4.78 is 35.1. The van der Waals surface area contributed by atoms with E-state index >= 15 is 0 Å². The van der Waals surface area contributed by atoms with Crippen LogP contribution in [0.25, 0.3) is 0 Å². The van der Waals surface area contributed by atoms with Crippen molar-refractivity contribution in [1.82, 2.24) is 4.90 Å². The van der Waals surface area contributed by atoms with Crippen molar-refractivity contribution in [2.45, 2.75) is 50.9 Å². The maximum Gasteiger partial charge on any atom is 0.115 e. The lowest BCUT2D eigenvalue weighted by Gasteiger charge is -2.33. The summed E-state index contributed by atoms with van der Waals surface area (Å²) in [4.78, 5) is 1.72. The van der Waals surface area contributed by atoms with Gasteiger partial charge in [-0.05, 0) is 25.2 Å². The lowest BCUT2D eigenvalue weighted by Crippen LogP contribution is -2.39. The van der Waals surface area contributed by atoms with E-state index in [4.69, 9.17) is 7.48 Å². The van der Waals surface area contributed by atoms with Crippen LogP contribution in [0.5, 0.6) is 0 Å². The van der Waals surface area contributed by atoms with Crippen LogP contribution in [-0.4, -0.2) is 42.9 Å². The zero-order valence-electron chi connectivity index (χ0n) is 11.8. The second kappa shape index (κ2) is 4.02. The molecule has 0 bridgehead atoms. The van der Waals surface area contributed by atoms with Crippen molar-refractivity contribution in [1.29, 1.82) is 0 Å². The zero-order valence-corrected chi connectivity index (χ0v) is 9.79. The molecule has 2 saturated heterocycles. The van der Waals surface area contributed by atoms with Gasteiger partial charge in [0.1, 0.15) is 6.17 Å². The smallest absolute Gasteiger partial charge is 0.115 e. The van der Waals surface area contributed by atoms with Gasteiger partial charge in [-0.25, -0.2) is 4.39 Å². The molecule has 88 valence electrons. The van der Waals surface area contributed by atoms with Crippen molar-refractivity contribution >= 4 is 0 Å². The van der Waals surface area contributed by atoms with Crippen LogP contribution in [0.4, 0.5) is 4.39 Å². The van der Waals surface area contributed by atoms with Crippen molar-refractivity contribution in [3.05, 3.63) is 0 Å². The van der Waals surface area contributed by atoms with Gasteiger partial charge < -0.3 is 4.74 Å². The highest BCUT2D eigenvalue weighted by atomic mass is 19.1. The van der Waals surface area contributed by atoms with Gasteiger partial charge >= 0.3 is 0 Å². The van der Waals surface area contributed by atoms with Gasteiger partial charge in [0, 0.05) is 28.4 Å². The van der Waals surface area contributed by atoms with Crippen LogP contribution in [0, 0.1) is 5.92 Å². The molecule has 2 fully saturated rings. The minimum atomic E-state index is -1.83. The Balaban J connectivity index is 2.27. The van der Waals surface area contributed by atoms with Crippen LogP contribution in [0.15, 0.2) is 0 Å². The lowest BCUT2D eigenvalue weighted by molar-refractivity contribution is 0.103. The first-order valence-electron chi connectivity index (χ1n) is 6.76. The fourth-order valence-corrected chi connectivity index (χ4v) is 3.12. The van der Waals surface area contributed by atoms with Gasteiger partial charge in [-0.2, -0.15) is 0 Å². The monoisotopic (exact) mass is 217 g/mol. The lowest BCUT2D eigenvalue weighted by atomic mass is 9.84. The number of hydrogen-bond acceptors (Lipinski definition) is 2. The molecule has 0 N–H and O–H groups in total. The van der Waals surface area contributed by atoms with Gasteiger partial charge in [0.25, 0.3) is 0 Å². The highest BCUT2D eigenvalue weighted by Gasteiger charge is 2.52. The average molecular weight is 217 g/mol. The molecule has 0 aromatic heterocycles. The Morgan fingerprint density at radius 3 is 2.93 bits per heavy atom. The van der Waals surface area contributed by atoms with Crippen LogP contribution in [0.3, 0.4) is 0 Å². The third-order valence-electron chi connectivity index (χ3n) is 3.54. The van der Waals surface area contributed by atoms with E-state index in [1.165, 1.54) is 0 Å². The Labute approximate surface area is 94.6 Å². The highest BCUT2D eigenvalue weighted by Crippen LogP contribution is 2.44. The standard InChI is InChI=1S/C12H22FNO/c1-9(2)4-12-5-10(13)7-14(12)8-11(6-12)15-3/h9-11H,4-8H2,1-3H3/t10-,11-,12-/m1/s1/i7D2. The largest absolute Gasteiger partial charge is 0.380 e. The highest BCUT2D eigenvalue weighted by molar-refractivity contribution is 5.06. The molecule has 2 nitrogen and oxygen atoms in total. The molecule has 2 aliphatic rings. The number of ether oxygens (including phenoxy) is 1. The number of halogens is 1. The molecule has 3 atom stereocenters. The Bertz CT molecular complexity index is 300. The molecule has 2 aliphatic heterocycles. The topological polar surface area (TPSA) is 12.5 Å². The Morgan fingerprint density at radius 1 is 1.60 bits per heavy atom. The second-order valence-electron chi connectivity index (χ2n) is 5.30. The molecule has 0 radical (unpaired) electrons. The molecule has 3 heteroatoms. The Morgan fingerprint density at radius 2 is 2.33 bits per heavy atom. The number of hydrogen-bond donors (Lipinski definition) is 0. The van der Waals surface area contributed by atoms with E-state index in [1.807, 2.05) is 0 Å². The normalized spacial score (nSPS) is 46.7. The average Bonchev–Trinajstić information content (AvgIpc) is 2.62. The molecule has 0 aromatic carbocycles. The fourth-order valence-electron chi connectivity index (χ4n) is 3.12. The van der Waals surface area contributed by atoms with E-state index in [-0.39, 0.29) is 11.6 Å². The third kappa shape index (κ3) is 2.04. The molecule has 2 rings (SSSR count). The molecular weight excluding hydrogens is 193 g/mol. The van der Waals surface area contributed by atoms with Crippen molar-refractivity contribution in [3.63, 3.8) is 0 Å². The molecule has 15 heavy (non-hydrogen) atoms. The van der Waals surface area contributed by atoms with Crippen molar-refractivity contribution in [2.24, 2.45) is 5.92 Å². The van der Waals surface area contributed by atoms with Crippen LogP contribution in [0.1, 0.15) is 35.9 Å². The van der Waals surface area contributed by atoms with Crippen LogP contribution < -0.4 is 0 Å². The minimum Gasteiger partial charge on any atom is -0.380 e. The Kier molecular flexibility index (Phi) is 2.40. The quantitative estimate of drug-likeness (QED) is 0.719. The summed E-state index contributed by atoms with van der Waals surface area (Å²) in [6.45, 7) is 2.89. The van der Waals surface area contributed by atoms with E-state index in [0.717, 1.165) is 12.8 Å². The number of alkyl halides is 1. The van der Waals surface area contributed by atoms with Gasteiger partial charge in [0.2, 0.25) is 0 Å². The van der Waals surface area contributed by atoms with Crippen LogP contribution >= 0.6 is 0 Å². The number of methoxy groups -OCH3 is 1. The summed E-state index contributed by atoms with van der Waals surface area (Å²) in [7, 11) is 1.65. The van der Waals surface area contributed by atoms with Gasteiger partial charge in [0.15, 0.2) is 0 Å². The van der Waals surface area contributed by atoms with Gasteiger partial charge in [-0.15, -0.1) is 0 Å². The number of fused-ring (bicyclic) bond motifs is 1. The van der Waals surface area contributed by atoms with Gasteiger partial charge in [-0.3, -0.25) is 4.90 Å². The predicted octanol–water partition coefficient (Wildman–Crippen LogP) is 2.23. The number of rotatable bonds is 3. The van der Waals surface area contributed by atoms with Crippen LogP contribution in [-0.2, 0) is 4.74 Å². The van der Waals surface area contributed by atoms with E-state index in [0.29, 0.717) is 18.9 Å². The molecular formula is C12H22FNO.